The van der Waals surface area contributed by atoms with Crippen molar-refractivity contribution in [1.82, 2.24) is 0 Å². The molecule has 122 valence electrons. The Hall–Kier alpha value is -2.95. The number of nitrogens with two attached hydrogens (primary N) is 2. The van der Waals surface area contributed by atoms with Crippen molar-refractivity contribution in [2.75, 3.05) is 11.5 Å². The zero-order valence-corrected chi connectivity index (χ0v) is 12.6. The summed E-state index contributed by atoms with van der Waals surface area (Å²) in [5, 5.41) is 0. The molecule has 0 amide bonds. The van der Waals surface area contributed by atoms with Crippen LogP contribution in [0.4, 0.5) is 24.5 Å². The molecule has 0 unspecified atom stereocenters. The summed E-state index contributed by atoms with van der Waals surface area (Å²) in [6, 6.07) is 17.4. The van der Waals surface area contributed by atoms with Gasteiger partial charge in [0.2, 0.25) is 0 Å². The van der Waals surface area contributed by atoms with Crippen LogP contribution in [0, 0.1) is 0 Å². The summed E-state index contributed by atoms with van der Waals surface area (Å²) >= 11 is 0. The molecule has 4 N–H and O–H groups in total. The third-order valence-electron chi connectivity index (χ3n) is 3.79. The molecule has 3 rings (SSSR count). The van der Waals surface area contributed by atoms with Gasteiger partial charge in [0, 0.05) is 11.4 Å². The molecule has 0 aromatic heterocycles. The second-order valence-electron chi connectivity index (χ2n) is 5.50. The molecule has 0 aliphatic heterocycles. The first-order valence-corrected chi connectivity index (χ1v) is 7.28. The Morgan fingerprint density at radius 3 is 1.54 bits per heavy atom. The SMILES string of the molecule is Nc1ccc(-c2ccc(-c3ccc(N)cc3)c(C(F)(F)F)c2)cc1. The van der Waals surface area contributed by atoms with Gasteiger partial charge >= 0.3 is 6.18 Å². The van der Waals surface area contributed by atoms with Crippen molar-refractivity contribution in [3.05, 3.63) is 72.3 Å². The maximum atomic E-state index is 13.5. The largest absolute Gasteiger partial charge is 0.417 e. The van der Waals surface area contributed by atoms with Crippen LogP contribution in [-0.4, -0.2) is 0 Å². The quantitative estimate of drug-likeness (QED) is 0.635. The molecule has 0 saturated heterocycles. The first kappa shape index (κ1) is 15.9. The second kappa shape index (κ2) is 5.92. The zero-order chi connectivity index (χ0) is 17.3. The Kier molecular flexibility index (Phi) is 3.93. The van der Waals surface area contributed by atoms with E-state index in [0.717, 1.165) is 6.07 Å². The molecule has 0 saturated carbocycles. The van der Waals surface area contributed by atoms with E-state index < -0.39 is 11.7 Å². The molecule has 0 aliphatic carbocycles. The first-order chi connectivity index (χ1) is 11.3. The van der Waals surface area contributed by atoms with Gasteiger partial charge in [0.1, 0.15) is 0 Å². The summed E-state index contributed by atoms with van der Waals surface area (Å²) in [4.78, 5) is 0. The van der Waals surface area contributed by atoms with Gasteiger partial charge in [-0.2, -0.15) is 13.2 Å². The molecule has 3 aromatic rings. The van der Waals surface area contributed by atoms with E-state index in [9.17, 15) is 13.2 Å². The fourth-order valence-electron chi connectivity index (χ4n) is 2.55. The summed E-state index contributed by atoms with van der Waals surface area (Å²) in [5.74, 6) is 0. The van der Waals surface area contributed by atoms with Crippen molar-refractivity contribution in [3.8, 4) is 22.3 Å². The number of benzene rings is 3. The Bertz CT molecular complexity index is 851. The topological polar surface area (TPSA) is 52.0 Å². The van der Waals surface area contributed by atoms with Gasteiger partial charge in [0.15, 0.2) is 0 Å². The fourth-order valence-corrected chi connectivity index (χ4v) is 2.55. The van der Waals surface area contributed by atoms with Crippen molar-refractivity contribution in [2.45, 2.75) is 6.18 Å². The van der Waals surface area contributed by atoms with E-state index in [1.807, 2.05) is 0 Å². The van der Waals surface area contributed by atoms with E-state index in [4.69, 9.17) is 11.5 Å². The summed E-state index contributed by atoms with van der Waals surface area (Å²) in [5.41, 5.74) is 13.4. The maximum Gasteiger partial charge on any atom is 0.417 e. The van der Waals surface area contributed by atoms with Crippen LogP contribution in [0.25, 0.3) is 22.3 Å². The summed E-state index contributed by atoms with van der Waals surface area (Å²) in [6.07, 6.45) is -4.46. The predicted octanol–water partition coefficient (Wildman–Crippen LogP) is 5.20. The van der Waals surface area contributed by atoms with Gasteiger partial charge in [-0.25, -0.2) is 0 Å². The zero-order valence-electron chi connectivity index (χ0n) is 12.6. The third-order valence-corrected chi connectivity index (χ3v) is 3.79. The highest BCUT2D eigenvalue weighted by Gasteiger charge is 2.34. The number of alkyl halides is 3. The van der Waals surface area contributed by atoms with E-state index in [1.54, 1.807) is 54.6 Å². The van der Waals surface area contributed by atoms with Gasteiger partial charge in [0.25, 0.3) is 0 Å². The number of halogens is 3. The lowest BCUT2D eigenvalue weighted by atomic mass is 9.94. The molecule has 0 fully saturated rings. The second-order valence-corrected chi connectivity index (χ2v) is 5.50. The molecule has 3 aromatic carbocycles. The minimum absolute atomic E-state index is 0.127. The van der Waals surface area contributed by atoms with Gasteiger partial charge in [-0.3, -0.25) is 0 Å². The lowest BCUT2D eigenvalue weighted by molar-refractivity contribution is -0.137. The molecule has 5 heteroatoms. The maximum absolute atomic E-state index is 13.5. The minimum atomic E-state index is -4.46. The minimum Gasteiger partial charge on any atom is -0.399 e. The van der Waals surface area contributed by atoms with Crippen LogP contribution in [0.2, 0.25) is 0 Å². The van der Waals surface area contributed by atoms with Crippen molar-refractivity contribution in [3.63, 3.8) is 0 Å². The number of hydrogen-bond acceptors (Lipinski definition) is 2. The van der Waals surface area contributed by atoms with Crippen LogP contribution in [0.5, 0.6) is 0 Å². The number of hydrogen-bond donors (Lipinski definition) is 2. The van der Waals surface area contributed by atoms with E-state index in [-0.39, 0.29) is 5.56 Å². The molecule has 0 heterocycles. The van der Waals surface area contributed by atoms with Crippen molar-refractivity contribution in [2.24, 2.45) is 0 Å². The summed E-state index contributed by atoms with van der Waals surface area (Å²) < 4.78 is 40.6. The smallest absolute Gasteiger partial charge is 0.399 e. The summed E-state index contributed by atoms with van der Waals surface area (Å²) in [7, 11) is 0. The Balaban J connectivity index is 2.14. The molecule has 0 aliphatic rings. The van der Waals surface area contributed by atoms with Gasteiger partial charge in [-0.05, 0) is 52.6 Å². The van der Waals surface area contributed by atoms with Crippen molar-refractivity contribution in [1.29, 1.82) is 0 Å². The third kappa shape index (κ3) is 3.20. The van der Waals surface area contributed by atoms with Crippen LogP contribution >= 0.6 is 0 Å². The molecule has 0 radical (unpaired) electrons. The molecular weight excluding hydrogens is 313 g/mol. The average molecular weight is 328 g/mol. The van der Waals surface area contributed by atoms with Crippen molar-refractivity contribution >= 4 is 11.4 Å². The molecule has 24 heavy (non-hydrogen) atoms. The highest BCUT2D eigenvalue weighted by Crippen LogP contribution is 2.39. The number of rotatable bonds is 2. The number of nitrogen functional groups attached to an aromatic ring is 2. The van der Waals surface area contributed by atoms with Crippen molar-refractivity contribution < 1.29 is 13.2 Å². The molecule has 0 bridgehead atoms. The lowest BCUT2D eigenvalue weighted by Crippen LogP contribution is -2.07. The Morgan fingerprint density at radius 2 is 1.04 bits per heavy atom. The molecule has 0 spiro atoms. The van der Waals surface area contributed by atoms with Gasteiger partial charge < -0.3 is 11.5 Å². The Morgan fingerprint density at radius 1 is 0.583 bits per heavy atom. The van der Waals surface area contributed by atoms with Crippen LogP contribution in [0.15, 0.2) is 66.7 Å². The monoisotopic (exact) mass is 328 g/mol. The standard InChI is InChI=1S/C19H15F3N2/c20-19(21,22)18-11-14(12-1-6-15(23)7-2-12)5-10-17(18)13-3-8-16(24)9-4-13/h1-11H,23-24H2. The van der Waals surface area contributed by atoms with E-state index >= 15 is 0 Å². The van der Waals surface area contributed by atoms with Crippen LogP contribution < -0.4 is 11.5 Å². The van der Waals surface area contributed by atoms with E-state index in [2.05, 4.69) is 0 Å². The van der Waals surface area contributed by atoms with E-state index in [1.165, 1.54) is 6.07 Å². The highest BCUT2D eigenvalue weighted by molar-refractivity contribution is 5.75. The summed E-state index contributed by atoms with van der Waals surface area (Å²) in [6.45, 7) is 0. The predicted molar refractivity (Wildman–Crippen MR) is 91.1 cm³/mol. The molecule has 0 atom stereocenters. The van der Waals surface area contributed by atoms with Gasteiger partial charge in [0.05, 0.1) is 5.56 Å². The average Bonchev–Trinajstić information content (AvgIpc) is 2.55. The normalized spacial score (nSPS) is 11.5. The Labute approximate surface area is 137 Å². The fraction of sp³-hybridized carbons (Fsp3) is 0.0526. The van der Waals surface area contributed by atoms with Crippen LogP contribution in [0.1, 0.15) is 5.56 Å². The van der Waals surface area contributed by atoms with Gasteiger partial charge in [-0.15, -0.1) is 0 Å². The van der Waals surface area contributed by atoms with Crippen LogP contribution in [-0.2, 0) is 6.18 Å². The number of anilines is 2. The lowest BCUT2D eigenvalue weighted by Gasteiger charge is -2.15. The first-order valence-electron chi connectivity index (χ1n) is 7.28. The molecule has 2 nitrogen and oxygen atoms in total. The van der Waals surface area contributed by atoms with Gasteiger partial charge in [-0.1, -0.05) is 36.4 Å². The molecular formula is C19H15F3N2. The van der Waals surface area contributed by atoms with E-state index in [0.29, 0.717) is 28.1 Å². The highest BCUT2D eigenvalue weighted by atomic mass is 19.4. The van der Waals surface area contributed by atoms with Crippen LogP contribution in [0.3, 0.4) is 0 Å².